The fourth-order valence-corrected chi connectivity index (χ4v) is 8.87. The number of rotatable bonds is 3. The van der Waals surface area contributed by atoms with Crippen LogP contribution < -0.4 is 0 Å². The van der Waals surface area contributed by atoms with Crippen LogP contribution in [0.2, 0.25) is 0 Å². The number of hydrogen-bond donors (Lipinski definition) is 0. The summed E-state index contributed by atoms with van der Waals surface area (Å²) in [6.07, 6.45) is 3.94. The number of nitrogens with zero attached hydrogens (tertiary/aromatic N) is 2. The summed E-state index contributed by atoms with van der Waals surface area (Å²) in [5, 5.41) is 12.4. The van der Waals surface area contributed by atoms with E-state index in [2.05, 4.69) is 157 Å². The van der Waals surface area contributed by atoms with Crippen molar-refractivity contribution in [1.29, 1.82) is 0 Å². The molecule has 11 rings (SSSR count). The summed E-state index contributed by atoms with van der Waals surface area (Å²) in [6, 6.07) is 52.7. The van der Waals surface area contributed by atoms with E-state index in [0.717, 1.165) is 49.8 Å². The molecular formula is C49H32N2O. The lowest BCUT2D eigenvalue weighted by atomic mass is 9.84. The molecule has 0 bridgehead atoms. The summed E-state index contributed by atoms with van der Waals surface area (Å²) in [7, 11) is 0. The molecule has 0 fully saturated rings. The van der Waals surface area contributed by atoms with Gasteiger partial charge in [0, 0.05) is 39.0 Å². The quantitative estimate of drug-likeness (QED) is 0.176. The van der Waals surface area contributed by atoms with Crippen LogP contribution in [0.25, 0.3) is 104 Å². The third-order valence-corrected chi connectivity index (χ3v) is 11.1. The van der Waals surface area contributed by atoms with Gasteiger partial charge in [-0.05, 0) is 104 Å². The molecule has 52 heavy (non-hydrogen) atoms. The number of aromatic nitrogens is 2. The van der Waals surface area contributed by atoms with Gasteiger partial charge >= 0.3 is 0 Å². The Balaban J connectivity index is 1.22. The molecule has 0 aliphatic carbocycles. The van der Waals surface area contributed by atoms with Gasteiger partial charge in [0.15, 0.2) is 0 Å². The zero-order chi connectivity index (χ0) is 34.5. The lowest BCUT2D eigenvalue weighted by Gasteiger charge is -2.19. The van der Waals surface area contributed by atoms with E-state index >= 15 is 0 Å². The first-order chi connectivity index (χ1) is 25.7. The van der Waals surface area contributed by atoms with E-state index in [0.29, 0.717) is 0 Å². The van der Waals surface area contributed by atoms with Crippen molar-refractivity contribution in [1.82, 2.24) is 9.55 Å². The molecule has 3 aromatic heterocycles. The SMILES string of the molecule is Cc1ccc2c3ccccc3c3ccccc3c2c1-c1c(C)ccc2c1c1ccncc1n2-c1cccc(-c2cccc3c2oc2ccccc23)c1. The van der Waals surface area contributed by atoms with Crippen LogP contribution in [0.3, 0.4) is 0 Å². The van der Waals surface area contributed by atoms with Crippen LogP contribution in [0.15, 0.2) is 162 Å². The molecule has 0 unspecified atom stereocenters. The van der Waals surface area contributed by atoms with Crippen LogP contribution in [0.5, 0.6) is 0 Å². The first-order valence-electron chi connectivity index (χ1n) is 17.9. The van der Waals surface area contributed by atoms with Gasteiger partial charge in [-0.1, -0.05) is 115 Å². The molecule has 0 atom stereocenters. The monoisotopic (exact) mass is 664 g/mol. The van der Waals surface area contributed by atoms with Crippen LogP contribution in [0.1, 0.15) is 11.1 Å². The van der Waals surface area contributed by atoms with E-state index in [1.54, 1.807) is 0 Å². The van der Waals surface area contributed by atoms with Crippen molar-refractivity contribution in [3.05, 3.63) is 169 Å². The van der Waals surface area contributed by atoms with Gasteiger partial charge < -0.3 is 8.98 Å². The van der Waals surface area contributed by atoms with Crippen molar-refractivity contribution in [2.75, 3.05) is 0 Å². The normalized spacial score (nSPS) is 12.0. The van der Waals surface area contributed by atoms with Crippen LogP contribution >= 0.6 is 0 Å². The summed E-state index contributed by atoms with van der Waals surface area (Å²) in [6.45, 7) is 4.52. The van der Waals surface area contributed by atoms with E-state index in [9.17, 15) is 0 Å². The highest BCUT2D eigenvalue weighted by atomic mass is 16.3. The highest BCUT2D eigenvalue weighted by Gasteiger charge is 2.23. The molecule has 3 heteroatoms. The van der Waals surface area contributed by atoms with Gasteiger partial charge in [0.1, 0.15) is 11.2 Å². The zero-order valence-corrected chi connectivity index (χ0v) is 28.8. The van der Waals surface area contributed by atoms with Gasteiger partial charge in [-0.3, -0.25) is 4.98 Å². The molecule has 8 aromatic carbocycles. The predicted octanol–water partition coefficient (Wildman–Crippen LogP) is 13.5. The minimum Gasteiger partial charge on any atom is -0.455 e. The average molecular weight is 665 g/mol. The second-order valence-corrected chi connectivity index (χ2v) is 14.0. The lowest BCUT2D eigenvalue weighted by molar-refractivity contribution is 0.670. The van der Waals surface area contributed by atoms with Gasteiger partial charge in [0.25, 0.3) is 0 Å². The largest absolute Gasteiger partial charge is 0.455 e. The average Bonchev–Trinajstić information content (AvgIpc) is 3.74. The number of para-hydroxylation sites is 2. The molecule has 0 aliphatic heterocycles. The number of fused-ring (bicyclic) bond motifs is 12. The third-order valence-electron chi connectivity index (χ3n) is 11.1. The summed E-state index contributed by atoms with van der Waals surface area (Å²) in [5.74, 6) is 0. The van der Waals surface area contributed by atoms with Crippen molar-refractivity contribution in [2.24, 2.45) is 0 Å². The highest BCUT2D eigenvalue weighted by Crippen LogP contribution is 2.47. The third kappa shape index (κ3) is 3.99. The van der Waals surface area contributed by atoms with Gasteiger partial charge in [-0.25, -0.2) is 0 Å². The molecule has 0 aliphatic rings. The molecule has 0 saturated heterocycles. The molecule has 3 heterocycles. The minimum absolute atomic E-state index is 0.905. The maximum absolute atomic E-state index is 6.47. The standard InChI is InChI=1S/C49H32N2O/c1-29-21-23-39-36-15-4-3-13-34(36)35-14-5-6-17-38(35)47(39)45(29)46-30(2)22-24-42-48(46)41-25-26-50-28-43(41)51(42)32-12-9-11-31(27-32)33-18-10-19-40-37-16-7-8-20-44(37)52-49(33)40/h3-28H,1-2H3. The summed E-state index contributed by atoms with van der Waals surface area (Å²) >= 11 is 0. The maximum atomic E-state index is 6.47. The summed E-state index contributed by atoms with van der Waals surface area (Å²) < 4.78 is 8.86. The first kappa shape index (κ1) is 29.1. The molecule has 11 aromatic rings. The lowest BCUT2D eigenvalue weighted by Crippen LogP contribution is -1.96. The van der Waals surface area contributed by atoms with E-state index in [1.165, 1.54) is 65.3 Å². The second kappa shape index (κ2) is 10.9. The Morgan fingerprint density at radius 2 is 1.12 bits per heavy atom. The molecule has 0 saturated carbocycles. The molecule has 0 radical (unpaired) electrons. The number of hydrogen-bond acceptors (Lipinski definition) is 2. The van der Waals surface area contributed by atoms with Gasteiger partial charge in [0.2, 0.25) is 0 Å². The summed E-state index contributed by atoms with van der Waals surface area (Å²) in [4.78, 5) is 4.67. The molecule has 244 valence electrons. The summed E-state index contributed by atoms with van der Waals surface area (Å²) in [5.41, 5.74) is 12.4. The Hall–Kier alpha value is -6.71. The van der Waals surface area contributed by atoms with Gasteiger partial charge in [-0.15, -0.1) is 0 Å². The van der Waals surface area contributed by atoms with Gasteiger partial charge in [0.05, 0.1) is 17.2 Å². The van der Waals surface area contributed by atoms with E-state index < -0.39 is 0 Å². The Morgan fingerprint density at radius 1 is 0.481 bits per heavy atom. The van der Waals surface area contributed by atoms with Crippen LogP contribution in [-0.4, -0.2) is 9.55 Å². The fourth-order valence-electron chi connectivity index (χ4n) is 8.87. The van der Waals surface area contributed by atoms with Crippen molar-refractivity contribution in [3.8, 4) is 27.9 Å². The second-order valence-electron chi connectivity index (χ2n) is 14.0. The molecule has 0 spiro atoms. The Morgan fingerprint density at radius 3 is 1.92 bits per heavy atom. The molecule has 3 nitrogen and oxygen atoms in total. The molecule has 0 N–H and O–H groups in total. The number of furan rings is 1. The first-order valence-corrected chi connectivity index (χ1v) is 17.9. The van der Waals surface area contributed by atoms with Crippen LogP contribution in [0, 0.1) is 13.8 Å². The number of pyridine rings is 1. The minimum atomic E-state index is 0.905. The Bertz CT molecular complexity index is 3230. The smallest absolute Gasteiger partial charge is 0.143 e. The fraction of sp³-hybridized carbons (Fsp3) is 0.0408. The molecular weight excluding hydrogens is 633 g/mol. The number of aryl methyl sites for hydroxylation is 2. The molecule has 0 amide bonds. The zero-order valence-electron chi connectivity index (χ0n) is 28.8. The van der Waals surface area contributed by atoms with Gasteiger partial charge in [-0.2, -0.15) is 0 Å². The number of benzene rings is 8. The Labute approximate surface area is 300 Å². The van der Waals surface area contributed by atoms with Crippen molar-refractivity contribution in [3.63, 3.8) is 0 Å². The van der Waals surface area contributed by atoms with E-state index in [-0.39, 0.29) is 0 Å². The van der Waals surface area contributed by atoms with E-state index in [4.69, 9.17) is 4.42 Å². The predicted molar refractivity (Wildman–Crippen MR) is 219 cm³/mol. The van der Waals surface area contributed by atoms with Crippen molar-refractivity contribution in [2.45, 2.75) is 13.8 Å². The van der Waals surface area contributed by atoms with E-state index in [1.807, 2.05) is 24.5 Å². The maximum Gasteiger partial charge on any atom is 0.143 e. The van der Waals surface area contributed by atoms with Crippen molar-refractivity contribution >= 4 is 76.1 Å². The highest BCUT2D eigenvalue weighted by molar-refractivity contribution is 6.30. The topological polar surface area (TPSA) is 31.0 Å². The van der Waals surface area contributed by atoms with Crippen LogP contribution in [0.4, 0.5) is 0 Å². The van der Waals surface area contributed by atoms with Crippen LogP contribution in [-0.2, 0) is 0 Å². The van der Waals surface area contributed by atoms with Crippen molar-refractivity contribution < 1.29 is 4.42 Å². The Kier molecular flexibility index (Phi) is 6.09.